The molecule has 40 atom stereocenters. The lowest BCUT2D eigenvalue weighted by atomic mass is 9.61. The molecule has 1 aromatic rings. The molecule has 24 aliphatic rings. The van der Waals surface area contributed by atoms with Crippen molar-refractivity contribution in [3.05, 3.63) is 35.4 Å². The number of hydrogen-bond donors (Lipinski definition) is 0. The van der Waals surface area contributed by atoms with E-state index in [1.807, 2.05) is 11.1 Å². The molecular formula is C46H42. The first-order valence-electron chi connectivity index (χ1n) is 22.1. The summed E-state index contributed by atoms with van der Waals surface area (Å²) < 4.78 is 0. The van der Waals surface area contributed by atoms with Crippen LogP contribution < -0.4 is 0 Å². The molecule has 25 rings (SSSR count). The van der Waals surface area contributed by atoms with Gasteiger partial charge >= 0.3 is 0 Å². The summed E-state index contributed by atoms with van der Waals surface area (Å²) in [5.74, 6) is 47.1. The van der Waals surface area contributed by atoms with Crippen molar-refractivity contribution in [1.29, 1.82) is 0 Å². The predicted octanol–water partition coefficient (Wildman–Crippen LogP) is 5.88. The van der Waals surface area contributed by atoms with Crippen LogP contribution >= 0.6 is 0 Å². The molecule has 1 aromatic carbocycles. The van der Waals surface area contributed by atoms with E-state index in [0.717, 1.165) is 0 Å². The maximum absolute atomic E-state index is 3.01. The van der Waals surface area contributed by atoms with E-state index in [1.54, 1.807) is 0 Å². The SMILES string of the molecule is c1cc(C23C4[C@@H]5[C@@H]6C7C8C9[C@@H]%10[C@@H]7[C@@H]5C2[C@@H]%10[C@@H]2C3[C@H]3[C@@H](C8[C@@H]6[C@@H]43)[C@H]92)ccc1C12C3[C@@H]4[C@@H]5C6C7C8[C@@H]9[C@@H]6[C@@H]4C1[C@H]9[C@@H]1C2[C@H]2[C@@H](C7[C@@H]5[C@@H]32)[C@H]81. The molecule has 46 heavy (non-hydrogen) atoms. The van der Waals surface area contributed by atoms with Gasteiger partial charge in [-0.05, 0) is 236 Å². The van der Waals surface area contributed by atoms with Crippen LogP contribution in [0.4, 0.5) is 0 Å². The van der Waals surface area contributed by atoms with Gasteiger partial charge < -0.3 is 0 Å². The lowest BCUT2D eigenvalue weighted by Gasteiger charge is -2.43. The monoisotopic (exact) mass is 594 g/mol. The summed E-state index contributed by atoms with van der Waals surface area (Å²) in [6.07, 6.45) is 0. The molecule has 0 amide bonds. The zero-order chi connectivity index (χ0) is 26.9. The highest BCUT2D eigenvalue weighted by molar-refractivity contribution is 5.57. The van der Waals surface area contributed by atoms with E-state index in [1.165, 1.54) is 225 Å². The first-order chi connectivity index (χ1) is 22.9. The summed E-state index contributed by atoms with van der Waals surface area (Å²) in [5, 5.41) is 0. The summed E-state index contributed by atoms with van der Waals surface area (Å²) in [6.45, 7) is 0. The van der Waals surface area contributed by atoms with Crippen molar-refractivity contribution in [3.8, 4) is 0 Å². The third-order valence-electron chi connectivity index (χ3n) is 28.8. The smallest absolute Gasteiger partial charge is 0.00547 e. The third kappa shape index (κ3) is 1.03. The van der Waals surface area contributed by atoms with Gasteiger partial charge in [0.05, 0.1) is 0 Å². The molecule has 0 radical (unpaired) electrons. The van der Waals surface area contributed by atoms with Crippen molar-refractivity contribution in [2.75, 3.05) is 0 Å². The van der Waals surface area contributed by atoms with Gasteiger partial charge in [-0.15, -0.1) is 0 Å². The lowest BCUT2D eigenvalue weighted by molar-refractivity contribution is 0.158. The van der Waals surface area contributed by atoms with Gasteiger partial charge in [0.2, 0.25) is 0 Å². The molecule has 0 saturated heterocycles. The van der Waals surface area contributed by atoms with E-state index in [-0.39, 0.29) is 0 Å². The Labute approximate surface area is 270 Å². The highest BCUT2D eigenvalue weighted by atomic mass is 15.1. The van der Waals surface area contributed by atoms with Gasteiger partial charge in [0.1, 0.15) is 0 Å². The minimum Gasteiger partial charge on any atom is -0.0582 e. The first kappa shape index (κ1) is 19.6. The highest BCUT2D eigenvalue weighted by Gasteiger charge is 3.04. The van der Waals surface area contributed by atoms with Crippen molar-refractivity contribution >= 4 is 0 Å². The first-order valence-corrected chi connectivity index (χ1v) is 22.1. The Morgan fingerprint density at radius 1 is 0.196 bits per heavy atom. The molecule has 24 aliphatic carbocycles. The quantitative estimate of drug-likeness (QED) is 0.402. The molecule has 0 aliphatic heterocycles. The van der Waals surface area contributed by atoms with Crippen LogP contribution in [-0.4, -0.2) is 0 Å². The second-order valence-corrected chi connectivity index (χ2v) is 25.1. The van der Waals surface area contributed by atoms with Crippen molar-refractivity contribution in [2.24, 2.45) is 225 Å². The van der Waals surface area contributed by atoms with Gasteiger partial charge in [-0.1, -0.05) is 24.3 Å². The Bertz CT molecular complexity index is 1650. The lowest BCUT2D eigenvalue weighted by Crippen LogP contribution is -2.41. The molecule has 0 heterocycles. The van der Waals surface area contributed by atoms with E-state index < -0.39 is 0 Å². The highest BCUT2D eigenvalue weighted by Crippen LogP contribution is 3.06. The van der Waals surface area contributed by atoms with Gasteiger partial charge in [0.25, 0.3) is 0 Å². The number of rotatable bonds is 2. The zero-order valence-corrected chi connectivity index (χ0v) is 26.2. The largest absolute Gasteiger partial charge is 0.0582 e. The summed E-state index contributed by atoms with van der Waals surface area (Å²) >= 11 is 0. The van der Waals surface area contributed by atoms with E-state index in [0.29, 0.717) is 10.8 Å². The van der Waals surface area contributed by atoms with Crippen molar-refractivity contribution in [1.82, 2.24) is 0 Å². The summed E-state index contributed by atoms with van der Waals surface area (Å²) in [4.78, 5) is 0. The molecule has 226 valence electrons. The van der Waals surface area contributed by atoms with Gasteiger partial charge in [-0.2, -0.15) is 0 Å². The Hall–Kier alpha value is -0.780. The fourth-order valence-electron chi connectivity index (χ4n) is 33.1. The van der Waals surface area contributed by atoms with Gasteiger partial charge in [0.15, 0.2) is 0 Å². The summed E-state index contributed by atoms with van der Waals surface area (Å²) in [6, 6.07) is 12.0. The minimum atomic E-state index is 0.685. The maximum Gasteiger partial charge on any atom is 0.00547 e. The van der Waals surface area contributed by atoms with Crippen LogP contribution in [0.3, 0.4) is 0 Å². The van der Waals surface area contributed by atoms with Crippen molar-refractivity contribution in [2.45, 2.75) is 10.8 Å². The molecule has 0 N–H and O–H groups in total. The maximum atomic E-state index is 3.01. The minimum absolute atomic E-state index is 0.685. The fraction of sp³-hybridized carbons (Fsp3) is 0.870. The van der Waals surface area contributed by atoms with Crippen LogP contribution in [-0.2, 0) is 10.8 Å². The standard InChI is InChI=1S/C46H42/c1-2-6(46-42-33-21-12-8-13-23(21)35(42)37-25(13)26-14(8)24-22(12)34(33)43(46)36(24)38(26)44(37)46)4-3-5(1)45-39-27-15-9-7-10-17(15)29(39)31-19(10)20-11(7)18-16(9)28(27)40(45)30(18)32(20)41(31)45/h1-4,7-44H/t7?,8?,9?,10?,11?,12?,13?,14?,15-,16-,17-,18+,19+,20+,21-,22-,23-,24+,25+,26+,27-,28+,29+,30+,31-,32-,33-,34+,35+,36+,37+,38-,39?,40?,41?,42?,43?,44?,45?,46?/m0/s1. The van der Waals surface area contributed by atoms with Crippen molar-refractivity contribution < 1.29 is 0 Å². The fourth-order valence-corrected chi connectivity index (χ4v) is 33.1. The molecule has 0 nitrogen and oxygen atoms in total. The van der Waals surface area contributed by atoms with Gasteiger partial charge in [-0.3, -0.25) is 0 Å². The predicted molar refractivity (Wildman–Crippen MR) is 162 cm³/mol. The molecular weight excluding hydrogens is 553 g/mol. The number of benzene rings is 1. The van der Waals surface area contributed by atoms with Crippen LogP contribution in [0.25, 0.3) is 0 Å². The number of hydrogen-bond acceptors (Lipinski definition) is 0. The Balaban J connectivity index is 0.792. The van der Waals surface area contributed by atoms with Crippen LogP contribution in [0.1, 0.15) is 11.1 Å². The van der Waals surface area contributed by atoms with E-state index in [4.69, 9.17) is 0 Å². The average molecular weight is 595 g/mol. The van der Waals surface area contributed by atoms with Gasteiger partial charge in [0, 0.05) is 10.8 Å². The molecule has 0 aromatic heterocycles. The molecule has 0 spiro atoms. The average Bonchev–Trinajstić information content (AvgIpc) is 3.78. The van der Waals surface area contributed by atoms with E-state index >= 15 is 0 Å². The zero-order valence-electron chi connectivity index (χ0n) is 26.2. The summed E-state index contributed by atoms with van der Waals surface area (Å²) in [7, 11) is 0. The van der Waals surface area contributed by atoms with Crippen LogP contribution in [0.2, 0.25) is 0 Å². The van der Waals surface area contributed by atoms with Gasteiger partial charge in [-0.25, -0.2) is 0 Å². The normalized spacial score (nSPS) is 99.0. The third-order valence-corrected chi connectivity index (χ3v) is 28.8. The molecule has 24 saturated carbocycles. The molecule has 0 bridgehead atoms. The van der Waals surface area contributed by atoms with Crippen LogP contribution in [0.15, 0.2) is 24.3 Å². The molecule has 16 unspecified atom stereocenters. The van der Waals surface area contributed by atoms with Crippen LogP contribution in [0.5, 0.6) is 0 Å². The topological polar surface area (TPSA) is 0 Å². The Morgan fingerprint density at radius 2 is 0.326 bits per heavy atom. The van der Waals surface area contributed by atoms with E-state index in [9.17, 15) is 0 Å². The van der Waals surface area contributed by atoms with E-state index in [2.05, 4.69) is 24.3 Å². The second kappa shape index (κ2) is 4.52. The second-order valence-electron chi connectivity index (χ2n) is 25.1. The Morgan fingerprint density at radius 3 is 0.478 bits per heavy atom. The summed E-state index contributed by atoms with van der Waals surface area (Å²) in [5.41, 5.74) is 5.40. The Kier molecular flexibility index (Phi) is 1.92. The van der Waals surface area contributed by atoms with Crippen LogP contribution in [0, 0.1) is 225 Å². The molecule has 24 fully saturated rings. The molecule has 0 heteroatoms. The van der Waals surface area contributed by atoms with Crippen molar-refractivity contribution in [3.63, 3.8) is 0 Å².